The molecule has 0 amide bonds. The van der Waals surface area contributed by atoms with Gasteiger partial charge < -0.3 is 0 Å². The number of nitrogens with zero attached hydrogens (tertiary/aromatic N) is 3. The molecule has 0 atom stereocenters. The molecule has 7 aromatic carbocycles. The Morgan fingerprint density at radius 1 is 0.280 bits per heavy atom. The number of thiophene rings is 2. The molecule has 0 radical (unpaired) electrons. The van der Waals surface area contributed by atoms with Crippen molar-refractivity contribution in [2.45, 2.75) is 0 Å². The van der Waals surface area contributed by atoms with Crippen molar-refractivity contribution in [3.05, 3.63) is 164 Å². The molecule has 0 saturated carbocycles. The lowest BCUT2D eigenvalue weighted by atomic mass is 9.91. The number of hydrogen-bond acceptors (Lipinski definition) is 5. The van der Waals surface area contributed by atoms with Gasteiger partial charge in [0.2, 0.25) is 0 Å². The molecule has 3 nitrogen and oxygen atoms in total. The van der Waals surface area contributed by atoms with Gasteiger partial charge in [0, 0.05) is 57.0 Å². The largest absolute Gasteiger partial charge is 0.208 e. The highest BCUT2D eigenvalue weighted by atomic mass is 32.1. The average Bonchev–Trinajstić information content (AvgIpc) is 3.76. The SMILES string of the molecule is c1ccc(-c2ccccc2-c2ccccc2-c2nc(-c3ccc4c(c3)sc3ccccc34)nc(-c3ccc4sc5ccccc5c4c3)n2)cc1. The predicted molar refractivity (Wildman–Crippen MR) is 213 cm³/mol. The molecule has 0 bridgehead atoms. The van der Waals surface area contributed by atoms with E-state index in [4.69, 9.17) is 15.0 Å². The molecule has 0 aliphatic rings. The van der Waals surface area contributed by atoms with Crippen LogP contribution in [0.5, 0.6) is 0 Å². The second-order valence-corrected chi connectivity index (χ2v) is 14.5. The zero-order valence-corrected chi connectivity index (χ0v) is 28.4. The van der Waals surface area contributed by atoms with Crippen molar-refractivity contribution >= 4 is 63.0 Å². The molecule has 0 fully saturated rings. The van der Waals surface area contributed by atoms with E-state index in [0.29, 0.717) is 17.5 Å². The van der Waals surface area contributed by atoms with Crippen LogP contribution in [0.4, 0.5) is 0 Å². The molecule has 0 N–H and O–H groups in total. The van der Waals surface area contributed by atoms with Crippen molar-refractivity contribution in [1.82, 2.24) is 15.0 Å². The van der Waals surface area contributed by atoms with E-state index in [0.717, 1.165) is 27.8 Å². The summed E-state index contributed by atoms with van der Waals surface area (Å²) in [6.45, 7) is 0. The van der Waals surface area contributed by atoms with Crippen LogP contribution in [0, 0.1) is 0 Å². The standard InChI is InChI=1S/C45H27N3S2/c1-2-12-28(13-3-1)31-14-4-5-15-32(31)33-16-6-7-19-37(33)45-47-43(29-23-25-41-38(26-29)35-18-9-11-21-40(35)49-41)46-44(48-45)30-22-24-36-34-17-8-10-20-39(34)50-42(36)27-30/h1-27H. The first kappa shape index (κ1) is 29.0. The normalized spacial score (nSPS) is 11.6. The van der Waals surface area contributed by atoms with Crippen LogP contribution in [0.2, 0.25) is 0 Å². The summed E-state index contributed by atoms with van der Waals surface area (Å²) in [7, 11) is 0. The lowest BCUT2D eigenvalue weighted by Crippen LogP contribution is -2.01. The summed E-state index contributed by atoms with van der Waals surface area (Å²) in [4.78, 5) is 15.7. The molecule has 10 aromatic rings. The van der Waals surface area contributed by atoms with Crippen molar-refractivity contribution in [3.8, 4) is 56.4 Å². The summed E-state index contributed by atoms with van der Waals surface area (Å²) >= 11 is 3.62. The first-order valence-corrected chi connectivity index (χ1v) is 18.2. The topological polar surface area (TPSA) is 38.7 Å². The Bertz CT molecular complexity index is 2890. The molecule has 0 saturated heterocycles. The van der Waals surface area contributed by atoms with Gasteiger partial charge in [0.15, 0.2) is 17.5 Å². The minimum absolute atomic E-state index is 0.648. The van der Waals surface area contributed by atoms with Crippen LogP contribution < -0.4 is 0 Å². The molecule has 3 aromatic heterocycles. The third-order valence-electron chi connectivity index (χ3n) is 9.38. The van der Waals surface area contributed by atoms with E-state index >= 15 is 0 Å². The van der Waals surface area contributed by atoms with Crippen LogP contribution in [0.15, 0.2) is 164 Å². The summed E-state index contributed by atoms with van der Waals surface area (Å²) in [5.41, 5.74) is 7.45. The van der Waals surface area contributed by atoms with E-state index in [9.17, 15) is 0 Å². The van der Waals surface area contributed by atoms with Crippen LogP contribution in [-0.4, -0.2) is 15.0 Å². The van der Waals surface area contributed by atoms with Crippen LogP contribution in [0.25, 0.3) is 96.8 Å². The second kappa shape index (κ2) is 11.8. The van der Waals surface area contributed by atoms with Crippen molar-refractivity contribution in [2.24, 2.45) is 0 Å². The maximum absolute atomic E-state index is 5.24. The van der Waals surface area contributed by atoms with E-state index in [2.05, 4.69) is 164 Å². The lowest BCUT2D eigenvalue weighted by molar-refractivity contribution is 1.08. The summed E-state index contributed by atoms with van der Waals surface area (Å²) in [6.07, 6.45) is 0. The third-order valence-corrected chi connectivity index (χ3v) is 11.7. The van der Waals surface area contributed by atoms with E-state index in [1.807, 2.05) is 11.3 Å². The van der Waals surface area contributed by atoms with E-state index in [1.54, 1.807) is 11.3 Å². The molecule has 0 unspecified atom stereocenters. The zero-order valence-electron chi connectivity index (χ0n) is 26.7. The second-order valence-electron chi connectivity index (χ2n) is 12.4. The molecular formula is C45H27N3S2. The first-order valence-electron chi connectivity index (χ1n) is 16.6. The number of hydrogen-bond donors (Lipinski definition) is 0. The summed E-state index contributed by atoms with van der Waals surface area (Å²) in [6, 6.07) is 57.9. The van der Waals surface area contributed by atoms with Gasteiger partial charge in [0.25, 0.3) is 0 Å². The van der Waals surface area contributed by atoms with E-state index < -0.39 is 0 Å². The Morgan fingerprint density at radius 2 is 0.760 bits per heavy atom. The smallest absolute Gasteiger partial charge is 0.164 e. The average molecular weight is 674 g/mol. The molecule has 234 valence electrons. The molecule has 50 heavy (non-hydrogen) atoms. The highest BCUT2D eigenvalue weighted by molar-refractivity contribution is 7.26. The van der Waals surface area contributed by atoms with Gasteiger partial charge in [-0.3, -0.25) is 0 Å². The van der Waals surface area contributed by atoms with Crippen molar-refractivity contribution < 1.29 is 0 Å². The Hall–Kier alpha value is -6.01. The Labute approximate surface area is 296 Å². The van der Waals surface area contributed by atoms with Gasteiger partial charge in [-0.15, -0.1) is 22.7 Å². The van der Waals surface area contributed by atoms with Crippen LogP contribution in [-0.2, 0) is 0 Å². The van der Waals surface area contributed by atoms with E-state index in [1.165, 1.54) is 51.5 Å². The minimum Gasteiger partial charge on any atom is -0.208 e. The number of rotatable bonds is 5. The number of benzene rings is 7. The molecule has 3 heterocycles. The first-order chi connectivity index (χ1) is 24.8. The van der Waals surface area contributed by atoms with Gasteiger partial charge in [0.1, 0.15) is 0 Å². The fourth-order valence-electron chi connectivity index (χ4n) is 6.99. The maximum atomic E-state index is 5.24. The Morgan fingerprint density at radius 3 is 1.50 bits per heavy atom. The van der Waals surface area contributed by atoms with Crippen LogP contribution in [0.3, 0.4) is 0 Å². The van der Waals surface area contributed by atoms with Gasteiger partial charge in [-0.05, 0) is 58.7 Å². The molecule has 10 rings (SSSR count). The molecule has 0 aliphatic carbocycles. The summed E-state index contributed by atoms with van der Waals surface area (Å²) in [5.74, 6) is 1.96. The van der Waals surface area contributed by atoms with E-state index in [-0.39, 0.29) is 0 Å². The summed E-state index contributed by atoms with van der Waals surface area (Å²) in [5, 5.41) is 5.00. The van der Waals surface area contributed by atoms with Gasteiger partial charge in [-0.1, -0.05) is 127 Å². The molecular weight excluding hydrogens is 647 g/mol. The van der Waals surface area contributed by atoms with Gasteiger partial charge >= 0.3 is 0 Å². The molecule has 0 aliphatic heterocycles. The van der Waals surface area contributed by atoms with Gasteiger partial charge in [-0.2, -0.15) is 0 Å². The molecule has 0 spiro atoms. The highest BCUT2D eigenvalue weighted by Gasteiger charge is 2.19. The van der Waals surface area contributed by atoms with Crippen molar-refractivity contribution in [1.29, 1.82) is 0 Å². The number of fused-ring (bicyclic) bond motifs is 6. The van der Waals surface area contributed by atoms with Gasteiger partial charge in [-0.25, -0.2) is 15.0 Å². The zero-order chi connectivity index (χ0) is 33.0. The monoisotopic (exact) mass is 673 g/mol. The van der Waals surface area contributed by atoms with Crippen LogP contribution in [0.1, 0.15) is 0 Å². The quantitative estimate of drug-likeness (QED) is 0.182. The maximum Gasteiger partial charge on any atom is 0.164 e. The Kier molecular flexibility index (Phi) is 6.86. The lowest BCUT2D eigenvalue weighted by Gasteiger charge is -2.15. The predicted octanol–water partition coefficient (Wildman–Crippen LogP) is 12.9. The van der Waals surface area contributed by atoms with Crippen molar-refractivity contribution in [3.63, 3.8) is 0 Å². The third kappa shape index (κ3) is 4.90. The van der Waals surface area contributed by atoms with Gasteiger partial charge in [0.05, 0.1) is 0 Å². The highest BCUT2D eigenvalue weighted by Crippen LogP contribution is 2.40. The Balaban J connectivity index is 1.20. The van der Waals surface area contributed by atoms with Crippen molar-refractivity contribution in [2.75, 3.05) is 0 Å². The summed E-state index contributed by atoms with van der Waals surface area (Å²) < 4.78 is 5.02. The molecule has 5 heteroatoms. The number of aromatic nitrogens is 3. The fourth-order valence-corrected chi connectivity index (χ4v) is 9.22. The minimum atomic E-state index is 0.648. The fraction of sp³-hybridized carbons (Fsp3) is 0. The van der Waals surface area contributed by atoms with Crippen LogP contribution >= 0.6 is 22.7 Å².